The van der Waals surface area contributed by atoms with Gasteiger partial charge in [0.25, 0.3) is 0 Å². The minimum absolute atomic E-state index is 0.00831. The van der Waals surface area contributed by atoms with Gasteiger partial charge in [-0.2, -0.15) is 0 Å². The van der Waals surface area contributed by atoms with Gasteiger partial charge >= 0.3 is 0 Å². The van der Waals surface area contributed by atoms with Crippen molar-refractivity contribution in [2.45, 2.75) is 32.2 Å². The highest BCUT2D eigenvalue weighted by atomic mass is 19.1. The Morgan fingerprint density at radius 1 is 1.33 bits per heavy atom. The molecule has 100 valence electrons. The van der Waals surface area contributed by atoms with Crippen LogP contribution in [0.2, 0.25) is 0 Å². The van der Waals surface area contributed by atoms with E-state index in [-0.39, 0.29) is 5.69 Å². The molecule has 0 radical (unpaired) electrons. The fourth-order valence-corrected chi connectivity index (χ4v) is 2.44. The van der Waals surface area contributed by atoms with Crippen molar-refractivity contribution < 1.29 is 8.78 Å². The maximum atomic E-state index is 13.8. The molecule has 1 aromatic rings. The molecule has 0 aliphatic carbocycles. The third-order valence-corrected chi connectivity index (χ3v) is 3.72. The minimum atomic E-state index is -0.517. The number of halogens is 2. The molecule has 1 aromatic carbocycles. The molecule has 1 atom stereocenters. The number of anilines is 1. The van der Waals surface area contributed by atoms with Crippen molar-refractivity contribution in [1.29, 1.82) is 0 Å². The molecule has 2 rings (SSSR count). The van der Waals surface area contributed by atoms with Crippen LogP contribution in [0.3, 0.4) is 0 Å². The van der Waals surface area contributed by atoms with E-state index in [0.29, 0.717) is 18.2 Å². The number of piperidine rings is 1. The number of hydrogen-bond donors (Lipinski definition) is 1. The summed E-state index contributed by atoms with van der Waals surface area (Å²) in [7, 11) is 2.06. The molecule has 0 saturated carbocycles. The Kier molecular flexibility index (Phi) is 4.17. The summed E-state index contributed by atoms with van der Waals surface area (Å²) >= 11 is 0. The van der Waals surface area contributed by atoms with Gasteiger partial charge in [0, 0.05) is 12.6 Å². The Morgan fingerprint density at radius 2 is 2.11 bits per heavy atom. The Morgan fingerprint density at radius 3 is 2.83 bits per heavy atom. The fourth-order valence-electron chi connectivity index (χ4n) is 2.44. The van der Waals surface area contributed by atoms with Gasteiger partial charge in [0.05, 0.1) is 0 Å². The number of likely N-dealkylation sites (tertiary alicyclic amines) is 1. The summed E-state index contributed by atoms with van der Waals surface area (Å²) in [5.41, 5.74) is 0.477. The molecule has 1 unspecified atom stereocenters. The molecular weight excluding hydrogens is 234 g/mol. The maximum Gasteiger partial charge on any atom is 0.152 e. The van der Waals surface area contributed by atoms with E-state index >= 15 is 0 Å². The number of likely N-dealkylation sites (N-methyl/N-ethyl adjacent to an activating group) is 1. The van der Waals surface area contributed by atoms with E-state index in [0.717, 1.165) is 13.0 Å². The smallest absolute Gasteiger partial charge is 0.152 e. The number of aryl methyl sites for hydroxylation is 1. The summed E-state index contributed by atoms with van der Waals surface area (Å²) in [4.78, 5) is 2.25. The molecule has 18 heavy (non-hydrogen) atoms. The molecule has 0 aromatic heterocycles. The summed E-state index contributed by atoms with van der Waals surface area (Å²) in [5, 5.41) is 2.93. The van der Waals surface area contributed by atoms with Crippen molar-refractivity contribution in [2.24, 2.45) is 0 Å². The summed E-state index contributed by atoms with van der Waals surface area (Å²) < 4.78 is 27.4. The van der Waals surface area contributed by atoms with Crippen LogP contribution in [-0.2, 0) is 0 Å². The van der Waals surface area contributed by atoms with Crippen molar-refractivity contribution in [1.82, 2.24) is 4.90 Å². The Hall–Kier alpha value is -1.16. The van der Waals surface area contributed by atoms with E-state index in [1.807, 2.05) is 0 Å². The first-order valence-corrected chi connectivity index (χ1v) is 6.48. The van der Waals surface area contributed by atoms with Gasteiger partial charge in [-0.1, -0.05) is 12.5 Å². The lowest BCUT2D eigenvalue weighted by Crippen LogP contribution is -2.41. The number of nitrogens with zero attached hydrogens (tertiary/aromatic N) is 1. The Balaban J connectivity index is 2.03. The van der Waals surface area contributed by atoms with Crippen molar-refractivity contribution in [3.8, 4) is 0 Å². The number of rotatable bonds is 3. The van der Waals surface area contributed by atoms with Crippen LogP contribution in [0, 0.1) is 18.6 Å². The molecule has 0 amide bonds. The normalized spacial score (nSPS) is 21.0. The van der Waals surface area contributed by atoms with Crippen LogP contribution in [0.1, 0.15) is 24.8 Å². The van der Waals surface area contributed by atoms with E-state index < -0.39 is 11.6 Å². The fraction of sp³-hybridized carbons (Fsp3) is 0.571. The summed E-state index contributed by atoms with van der Waals surface area (Å²) in [6.07, 6.45) is 3.48. The molecule has 1 heterocycles. The van der Waals surface area contributed by atoms with Crippen LogP contribution >= 0.6 is 0 Å². The second-order valence-corrected chi connectivity index (χ2v) is 5.06. The first-order valence-electron chi connectivity index (χ1n) is 6.48. The highest BCUT2D eigenvalue weighted by molar-refractivity contribution is 5.49. The van der Waals surface area contributed by atoms with Crippen LogP contribution in [0.25, 0.3) is 0 Å². The first-order chi connectivity index (χ1) is 8.59. The van der Waals surface area contributed by atoms with Gasteiger partial charge in [-0.3, -0.25) is 0 Å². The van der Waals surface area contributed by atoms with E-state index in [4.69, 9.17) is 0 Å². The topological polar surface area (TPSA) is 15.3 Å². The van der Waals surface area contributed by atoms with Gasteiger partial charge in [-0.25, -0.2) is 8.78 Å². The molecule has 1 aliphatic heterocycles. The van der Waals surface area contributed by atoms with Gasteiger partial charge in [-0.15, -0.1) is 0 Å². The Bertz CT molecular complexity index is 421. The number of hydrogen-bond acceptors (Lipinski definition) is 2. The van der Waals surface area contributed by atoms with Gasteiger partial charge < -0.3 is 10.2 Å². The number of benzene rings is 1. The largest absolute Gasteiger partial charge is 0.379 e. The highest BCUT2D eigenvalue weighted by Crippen LogP contribution is 2.23. The van der Waals surface area contributed by atoms with E-state index in [1.54, 1.807) is 6.92 Å². The predicted octanol–water partition coefficient (Wildman–Crippen LogP) is 3.17. The molecule has 1 fully saturated rings. The first kappa shape index (κ1) is 13.3. The van der Waals surface area contributed by atoms with Crippen LogP contribution in [-0.4, -0.2) is 31.1 Å². The summed E-state index contributed by atoms with van der Waals surface area (Å²) in [5.74, 6) is -0.995. The summed E-state index contributed by atoms with van der Waals surface area (Å²) in [6.45, 7) is 3.30. The monoisotopic (exact) mass is 254 g/mol. The molecule has 1 aliphatic rings. The third kappa shape index (κ3) is 2.80. The van der Waals surface area contributed by atoms with Crippen LogP contribution in [0.5, 0.6) is 0 Å². The third-order valence-electron chi connectivity index (χ3n) is 3.72. The molecule has 2 nitrogen and oxygen atoms in total. The molecular formula is C14H20F2N2. The van der Waals surface area contributed by atoms with Crippen molar-refractivity contribution in [3.05, 3.63) is 29.3 Å². The summed E-state index contributed by atoms with van der Waals surface area (Å²) in [6, 6.07) is 3.13. The predicted molar refractivity (Wildman–Crippen MR) is 69.9 cm³/mol. The molecule has 4 heteroatoms. The van der Waals surface area contributed by atoms with Crippen molar-refractivity contribution in [2.75, 3.05) is 25.5 Å². The van der Waals surface area contributed by atoms with Crippen molar-refractivity contribution >= 4 is 5.69 Å². The van der Waals surface area contributed by atoms with Crippen molar-refractivity contribution in [3.63, 3.8) is 0 Å². The number of nitrogens with one attached hydrogen (secondary N) is 1. The Labute approximate surface area is 107 Å². The van der Waals surface area contributed by atoms with E-state index in [2.05, 4.69) is 17.3 Å². The second-order valence-electron chi connectivity index (χ2n) is 5.06. The molecule has 1 N–H and O–H groups in total. The zero-order chi connectivity index (χ0) is 13.1. The van der Waals surface area contributed by atoms with Crippen LogP contribution in [0.4, 0.5) is 14.5 Å². The zero-order valence-corrected chi connectivity index (χ0v) is 11.0. The van der Waals surface area contributed by atoms with Gasteiger partial charge in [0.1, 0.15) is 11.5 Å². The molecule has 0 spiro atoms. The SMILES string of the molecule is Cc1ccc(F)c(NCC2CCCCN2C)c1F. The second kappa shape index (κ2) is 5.65. The van der Waals surface area contributed by atoms with Crippen LogP contribution in [0.15, 0.2) is 12.1 Å². The lowest BCUT2D eigenvalue weighted by atomic mass is 10.0. The van der Waals surface area contributed by atoms with E-state index in [9.17, 15) is 8.78 Å². The lowest BCUT2D eigenvalue weighted by Gasteiger charge is -2.32. The molecule has 0 bridgehead atoms. The molecule has 1 saturated heterocycles. The quantitative estimate of drug-likeness (QED) is 0.891. The lowest BCUT2D eigenvalue weighted by molar-refractivity contribution is 0.194. The van der Waals surface area contributed by atoms with Gasteiger partial charge in [0.2, 0.25) is 0 Å². The average Bonchev–Trinajstić information content (AvgIpc) is 2.36. The van der Waals surface area contributed by atoms with Gasteiger partial charge in [0.15, 0.2) is 5.82 Å². The average molecular weight is 254 g/mol. The zero-order valence-electron chi connectivity index (χ0n) is 11.0. The minimum Gasteiger partial charge on any atom is -0.379 e. The van der Waals surface area contributed by atoms with E-state index in [1.165, 1.54) is 25.0 Å². The standard InChI is InChI=1S/C14H20F2N2/c1-10-6-7-12(15)14(13(10)16)17-9-11-5-3-4-8-18(11)2/h6-7,11,17H,3-5,8-9H2,1-2H3. The van der Waals surface area contributed by atoms with Crippen LogP contribution < -0.4 is 5.32 Å². The highest BCUT2D eigenvalue weighted by Gasteiger charge is 2.20. The maximum absolute atomic E-state index is 13.8. The van der Waals surface area contributed by atoms with Gasteiger partial charge in [-0.05, 0) is 45.0 Å².